The number of methoxy groups -OCH3 is 1. The largest absolute Gasteiger partial charge is 0.494 e. The van der Waals surface area contributed by atoms with Crippen LogP contribution in [0.4, 0.5) is 5.82 Å². The predicted octanol–water partition coefficient (Wildman–Crippen LogP) is 2.60. The van der Waals surface area contributed by atoms with E-state index in [0.717, 1.165) is 31.6 Å². The fourth-order valence-electron chi connectivity index (χ4n) is 3.52. The molecule has 0 unspecified atom stereocenters. The minimum absolute atomic E-state index is 0.212. The minimum Gasteiger partial charge on any atom is -0.494 e. The topological polar surface area (TPSA) is 77.2 Å². The Morgan fingerprint density at radius 3 is 2.75 bits per heavy atom. The van der Waals surface area contributed by atoms with Crippen LogP contribution in [0.2, 0.25) is 0 Å². The quantitative estimate of drug-likeness (QED) is 0.736. The minimum atomic E-state index is -0.212. The molecule has 8 heteroatoms. The van der Waals surface area contributed by atoms with Gasteiger partial charge in [0.1, 0.15) is 17.3 Å². The molecule has 0 bridgehead atoms. The summed E-state index contributed by atoms with van der Waals surface area (Å²) in [5, 5.41) is 11.7. The number of hydrogen-bond donors (Lipinski definition) is 1. The van der Waals surface area contributed by atoms with Crippen molar-refractivity contribution < 1.29 is 9.53 Å². The van der Waals surface area contributed by atoms with E-state index in [1.165, 1.54) is 0 Å². The van der Waals surface area contributed by atoms with Crippen LogP contribution in [0.25, 0.3) is 5.69 Å². The first kappa shape index (κ1) is 18.2. The van der Waals surface area contributed by atoms with Gasteiger partial charge in [-0.3, -0.25) is 4.79 Å². The van der Waals surface area contributed by atoms with Gasteiger partial charge in [-0.25, -0.2) is 9.36 Å². The standard InChI is InChI=1S/C20H24N6O2/c1-24-11-8-16(9-12-24)26-19(7-10-21-26)23-20(27)15-13-22-25(14-15)17-5-3-4-6-18(17)28-2/h3-7,10,13-14,16H,8-9,11-12H2,1-2H3,(H,23,27). The van der Waals surface area contributed by atoms with Crippen molar-refractivity contribution in [2.45, 2.75) is 18.9 Å². The number of rotatable bonds is 5. The van der Waals surface area contributed by atoms with Gasteiger partial charge in [-0.2, -0.15) is 10.2 Å². The summed E-state index contributed by atoms with van der Waals surface area (Å²) < 4.78 is 8.94. The molecule has 0 atom stereocenters. The SMILES string of the molecule is COc1ccccc1-n1cc(C(=O)Nc2ccnn2C2CCN(C)CC2)cn1. The second-order valence-electron chi connectivity index (χ2n) is 7.00. The first-order valence-electron chi connectivity index (χ1n) is 9.37. The first-order chi connectivity index (χ1) is 13.7. The Hall–Kier alpha value is -3.13. The summed E-state index contributed by atoms with van der Waals surface area (Å²) in [6, 6.07) is 9.68. The van der Waals surface area contributed by atoms with Crippen molar-refractivity contribution in [1.29, 1.82) is 0 Å². The lowest BCUT2D eigenvalue weighted by atomic mass is 10.1. The summed E-state index contributed by atoms with van der Waals surface area (Å²) in [5.41, 5.74) is 1.25. The summed E-state index contributed by atoms with van der Waals surface area (Å²) in [6.45, 7) is 2.06. The van der Waals surface area contributed by atoms with E-state index in [0.29, 0.717) is 23.2 Å². The van der Waals surface area contributed by atoms with Crippen LogP contribution < -0.4 is 10.1 Å². The van der Waals surface area contributed by atoms with Crippen molar-refractivity contribution in [1.82, 2.24) is 24.5 Å². The summed E-state index contributed by atoms with van der Waals surface area (Å²) >= 11 is 0. The van der Waals surface area contributed by atoms with Crippen LogP contribution in [0, 0.1) is 0 Å². The second kappa shape index (κ2) is 7.85. The molecule has 1 aromatic carbocycles. The zero-order valence-electron chi connectivity index (χ0n) is 16.1. The Morgan fingerprint density at radius 1 is 1.18 bits per heavy atom. The predicted molar refractivity (Wildman–Crippen MR) is 106 cm³/mol. The number of piperidine rings is 1. The van der Waals surface area contributed by atoms with Crippen molar-refractivity contribution in [2.75, 3.05) is 32.6 Å². The molecule has 1 N–H and O–H groups in total. The molecule has 2 aromatic heterocycles. The van der Waals surface area contributed by atoms with E-state index >= 15 is 0 Å². The molecule has 3 aromatic rings. The number of anilines is 1. The molecule has 0 radical (unpaired) electrons. The van der Waals surface area contributed by atoms with Crippen LogP contribution in [-0.2, 0) is 0 Å². The number of likely N-dealkylation sites (tertiary alicyclic amines) is 1. The average Bonchev–Trinajstić information content (AvgIpc) is 3.38. The third-order valence-corrected chi connectivity index (χ3v) is 5.12. The Morgan fingerprint density at radius 2 is 1.96 bits per heavy atom. The Balaban J connectivity index is 1.50. The number of aromatic nitrogens is 4. The Kier molecular flexibility index (Phi) is 5.12. The van der Waals surface area contributed by atoms with E-state index in [1.54, 1.807) is 30.4 Å². The average molecular weight is 380 g/mol. The molecule has 1 aliphatic rings. The van der Waals surface area contributed by atoms with Gasteiger partial charge in [-0.1, -0.05) is 12.1 Å². The summed E-state index contributed by atoms with van der Waals surface area (Å²) in [6.07, 6.45) is 7.02. The molecule has 1 fully saturated rings. The van der Waals surface area contributed by atoms with Crippen LogP contribution >= 0.6 is 0 Å². The number of amides is 1. The number of carbonyl (C=O) groups excluding carboxylic acids is 1. The zero-order chi connectivity index (χ0) is 19.5. The van der Waals surface area contributed by atoms with Gasteiger partial charge in [0.05, 0.1) is 31.1 Å². The zero-order valence-corrected chi connectivity index (χ0v) is 16.1. The second-order valence-corrected chi connectivity index (χ2v) is 7.00. The van der Waals surface area contributed by atoms with Crippen molar-refractivity contribution >= 4 is 11.7 Å². The molecule has 1 saturated heterocycles. The number of hydrogen-bond acceptors (Lipinski definition) is 5. The van der Waals surface area contributed by atoms with Crippen molar-refractivity contribution in [3.05, 3.63) is 54.5 Å². The number of nitrogens with one attached hydrogen (secondary N) is 1. The van der Waals surface area contributed by atoms with E-state index in [1.807, 2.05) is 35.0 Å². The highest BCUT2D eigenvalue weighted by Gasteiger charge is 2.22. The van der Waals surface area contributed by atoms with E-state index in [-0.39, 0.29) is 5.91 Å². The van der Waals surface area contributed by atoms with Gasteiger partial charge in [0.15, 0.2) is 0 Å². The lowest BCUT2D eigenvalue weighted by Gasteiger charge is -2.29. The van der Waals surface area contributed by atoms with Crippen LogP contribution in [0.15, 0.2) is 48.9 Å². The molecule has 0 spiro atoms. The van der Waals surface area contributed by atoms with E-state index in [9.17, 15) is 4.79 Å². The number of carbonyl (C=O) groups is 1. The molecule has 8 nitrogen and oxygen atoms in total. The molecule has 4 rings (SSSR count). The van der Waals surface area contributed by atoms with Gasteiger partial charge in [-0.15, -0.1) is 0 Å². The number of benzene rings is 1. The smallest absolute Gasteiger partial charge is 0.260 e. The highest BCUT2D eigenvalue weighted by atomic mass is 16.5. The van der Waals surface area contributed by atoms with Crippen LogP contribution in [0.3, 0.4) is 0 Å². The summed E-state index contributed by atoms with van der Waals surface area (Å²) in [4.78, 5) is 15.1. The molecular weight excluding hydrogens is 356 g/mol. The molecular formula is C20H24N6O2. The monoisotopic (exact) mass is 380 g/mol. The highest BCUT2D eigenvalue weighted by Crippen LogP contribution is 2.25. The summed E-state index contributed by atoms with van der Waals surface area (Å²) in [7, 11) is 3.74. The fraction of sp³-hybridized carbons (Fsp3) is 0.350. The third-order valence-electron chi connectivity index (χ3n) is 5.12. The maximum Gasteiger partial charge on any atom is 0.260 e. The Bertz CT molecular complexity index is 955. The van der Waals surface area contributed by atoms with Gasteiger partial charge in [0, 0.05) is 12.3 Å². The normalized spacial score (nSPS) is 15.5. The molecule has 3 heterocycles. The molecule has 0 saturated carbocycles. The molecule has 146 valence electrons. The fourth-order valence-corrected chi connectivity index (χ4v) is 3.52. The highest BCUT2D eigenvalue weighted by molar-refractivity contribution is 6.03. The van der Waals surface area contributed by atoms with Crippen molar-refractivity contribution in [3.63, 3.8) is 0 Å². The van der Waals surface area contributed by atoms with Crippen LogP contribution in [0.5, 0.6) is 5.75 Å². The lowest BCUT2D eigenvalue weighted by Crippen LogP contribution is -2.32. The van der Waals surface area contributed by atoms with E-state index < -0.39 is 0 Å². The van der Waals surface area contributed by atoms with E-state index in [2.05, 4.69) is 27.5 Å². The lowest BCUT2D eigenvalue weighted by molar-refractivity contribution is 0.102. The van der Waals surface area contributed by atoms with Gasteiger partial charge >= 0.3 is 0 Å². The third kappa shape index (κ3) is 3.63. The van der Waals surface area contributed by atoms with Gasteiger partial charge in [0.2, 0.25) is 0 Å². The maximum atomic E-state index is 12.8. The van der Waals surface area contributed by atoms with E-state index in [4.69, 9.17) is 4.74 Å². The molecule has 1 aliphatic heterocycles. The summed E-state index contributed by atoms with van der Waals surface area (Å²) in [5.74, 6) is 1.19. The number of para-hydroxylation sites is 2. The van der Waals surface area contributed by atoms with Gasteiger partial charge in [-0.05, 0) is 45.1 Å². The molecule has 0 aliphatic carbocycles. The van der Waals surface area contributed by atoms with Crippen molar-refractivity contribution in [2.24, 2.45) is 0 Å². The van der Waals surface area contributed by atoms with Crippen LogP contribution in [0.1, 0.15) is 29.2 Å². The van der Waals surface area contributed by atoms with Gasteiger partial charge in [0.25, 0.3) is 5.91 Å². The number of ether oxygens (including phenoxy) is 1. The first-order valence-corrected chi connectivity index (χ1v) is 9.37. The molecule has 28 heavy (non-hydrogen) atoms. The maximum absolute atomic E-state index is 12.8. The molecule has 1 amide bonds. The Labute approximate surface area is 163 Å². The number of nitrogens with zero attached hydrogens (tertiary/aromatic N) is 5. The van der Waals surface area contributed by atoms with Crippen LogP contribution in [-0.4, -0.2) is 57.6 Å². The van der Waals surface area contributed by atoms with Gasteiger partial charge < -0.3 is 15.0 Å². The van der Waals surface area contributed by atoms with Crippen molar-refractivity contribution in [3.8, 4) is 11.4 Å².